The molecule has 0 bridgehead atoms. The standard InChI is InChI=1S/C14H17FN4O2/c1-18-14(20)21-13(17-18)9-4-6-19(7-5-9)12-3-2-10(16)8-11(12)15/h2-3,8-9H,4-7,16H2,1H3. The normalized spacial score (nSPS) is 16.4. The maximum Gasteiger partial charge on any atom is 0.436 e. The Bertz CT molecular complexity index is 701. The Morgan fingerprint density at radius 3 is 2.67 bits per heavy atom. The van der Waals surface area contributed by atoms with Gasteiger partial charge in [-0.15, -0.1) is 5.10 Å². The van der Waals surface area contributed by atoms with Gasteiger partial charge in [0.05, 0.1) is 5.69 Å². The summed E-state index contributed by atoms with van der Waals surface area (Å²) in [7, 11) is 1.56. The Kier molecular flexibility index (Phi) is 3.40. The van der Waals surface area contributed by atoms with Crippen LogP contribution in [-0.4, -0.2) is 22.9 Å². The number of rotatable bonds is 2. The summed E-state index contributed by atoms with van der Waals surface area (Å²) in [4.78, 5) is 13.3. The number of aromatic nitrogens is 2. The molecule has 0 saturated carbocycles. The lowest BCUT2D eigenvalue weighted by Gasteiger charge is -2.32. The fourth-order valence-corrected chi connectivity index (χ4v) is 2.68. The van der Waals surface area contributed by atoms with Crippen molar-refractivity contribution in [1.29, 1.82) is 0 Å². The molecule has 1 aliphatic rings. The van der Waals surface area contributed by atoms with Crippen molar-refractivity contribution >= 4 is 11.4 Å². The van der Waals surface area contributed by atoms with Gasteiger partial charge in [-0.3, -0.25) is 0 Å². The van der Waals surface area contributed by atoms with Crippen LogP contribution in [0.3, 0.4) is 0 Å². The van der Waals surface area contributed by atoms with Crippen LogP contribution in [0.15, 0.2) is 27.4 Å². The van der Waals surface area contributed by atoms with Gasteiger partial charge in [0, 0.05) is 31.7 Å². The number of nitrogens with zero attached hydrogens (tertiary/aromatic N) is 3. The largest absolute Gasteiger partial charge is 0.436 e. The summed E-state index contributed by atoms with van der Waals surface area (Å²) in [6.07, 6.45) is 1.54. The van der Waals surface area contributed by atoms with E-state index >= 15 is 0 Å². The summed E-state index contributed by atoms with van der Waals surface area (Å²) >= 11 is 0. The first-order valence-electron chi connectivity index (χ1n) is 6.88. The van der Waals surface area contributed by atoms with Gasteiger partial charge in [-0.2, -0.15) is 4.68 Å². The summed E-state index contributed by atoms with van der Waals surface area (Å²) in [5.41, 5.74) is 6.54. The van der Waals surface area contributed by atoms with E-state index in [9.17, 15) is 9.18 Å². The molecule has 3 rings (SSSR count). The number of nitrogens with two attached hydrogens (primary N) is 1. The molecule has 1 aromatic heterocycles. The van der Waals surface area contributed by atoms with Crippen molar-refractivity contribution in [1.82, 2.24) is 9.78 Å². The number of hydrogen-bond acceptors (Lipinski definition) is 5. The number of hydrogen-bond donors (Lipinski definition) is 1. The SMILES string of the molecule is Cn1nc(C2CCN(c3ccc(N)cc3F)CC2)oc1=O. The van der Waals surface area contributed by atoms with Crippen LogP contribution in [0.5, 0.6) is 0 Å². The van der Waals surface area contributed by atoms with Gasteiger partial charge in [-0.05, 0) is 31.0 Å². The number of benzene rings is 1. The van der Waals surface area contributed by atoms with E-state index < -0.39 is 5.76 Å². The molecule has 6 nitrogen and oxygen atoms in total. The van der Waals surface area contributed by atoms with Crippen LogP contribution in [0.1, 0.15) is 24.7 Å². The second-order valence-corrected chi connectivity index (χ2v) is 5.30. The first-order chi connectivity index (χ1) is 10.0. The second-order valence-electron chi connectivity index (χ2n) is 5.30. The van der Waals surface area contributed by atoms with E-state index in [-0.39, 0.29) is 11.7 Å². The maximum absolute atomic E-state index is 13.9. The molecule has 0 atom stereocenters. The average molecular weight is 292 g/mol. The third-order valence-corrected chi connectivity index (χ3v) is 3.86. The Balaban J connectivity index is 1.71. The van der Waals surface area contributed by atoms with Crippen LogP contribution >= 0.6 is 0 Å². The monoisotopic (exact) mass is 292 g/mol. The van der Waals surface area contributed by atoms with Crippen molar-refractivity contribution in [2.24, 2.45) is 7.05 Å². The average Bonchev–Trinajstić information content (AvgIpc) is 2.79. The van der Waals surface area contributed by atoms with Gasteiger partial charge in [0.15, 0.2) is 0 Å². The lowest BCUT2D eigenvalue weighted by Crippen LogP contribution is -2.33. The molecule has 21 heavy (non-hydrogen) atoms. The summed E-state index contributed by atoms with van der Waals surface area (Å²) in [6, 6.07) is 4.73. The molecule has 112 valence electrons. The second kappa shape index (κ2) is 5.23. The van der Waals surface area contributed by atoms with Gasteiger partial charge in [-0.1, -0.05) is 0 Å². The minimum absolute atomic E-state index is 0.104. The highest BCUT2D eigenvalue weighted by Crippen LogP contribution is 2.30. The third kappa shape index (κ3) is 2.63. The Morgan fingerprint density at radius 1 is 1.38 bits per heavy atom. The molecule has 2 N–H and O–H groups in total. The Morgan fingerprint density at radius 2 is 2.10 bits per heavy atom. The molecule has 1 fully saturated rings. The van der Waals surface area contributed by atoms with Gasteiger partial charge in [-0.25, -0.2) is 9.18 Å². The van der Waals surface area contributed by atoms with Gasteiger partial charge >= 0.3 is 5.76 Å². The number of piperidine rings is 1. The van der Waals surface area contributed by atoms with E-state index in [1.165, 1.54) is 10.7 Å². The van der Waals surface area contributed by atoms with Crippen molar-refractivity contribution < 1.29 is 8.81 Å². The predicted octanol–water partition coefficient (Wildman–Crippen LogP) is 1.48. The zero-order valence-electron chi connectivity index (χ0n) is 11.8. The predicted molar refractivity (Wildman–Crippen MR) is 76.7 cm³/mol. The van der Waals surface area contributed by atoms with Crippen molar-refractivity contribution in [3.05, 3.63) is 40.5 Å². The molecular weight excluding hydrogens is 275 g/mol. The Labute approximate surface area is 121 Å². The van der Waals surface area contributed by atoms with Crippen LogP contribution < -0.4 is 16.4 Å². The summed E-state index contributed by atoms with van der Waals surface area (Å²) in [6.45, 7) is 1.37. The van der Waals surface area contributed by atoms with Gasteiger partial charge in [0.2, 0.25) is 5.89 Å². The molecule has 2 aromatic rings. The van der Waals surface area contributed by atoms with E-state index in [1.54, 1.807) is 19.2 Å². The van der Waals surface area contributed by atoms with Crippen molar-refractivity contribution in [3.8, 4) is 0 Å². The highest BCUT2D eigenvalue weighted by Gasteiger charge is 2.26. The number of nitrogen functional groups attached to an aromatic ring is 1. The minimum atomic E-state index is -0.447. The van der Waals surface area contributed by atoms with Gasteiger partial charge in [0.25, 0.3) is 0 Å². The summed E-state index contributed by atoms with van der Waals surface area (Å²) < 4.78 is 20.2. The molecular formula is C14H17FN4O2. The smallest absolute Gasteiger partial charge is 0.399 e. The summed E-state index contributed by atoms with van der Waals surface area (Å²) in [5.74, 6) is -0.179. The first-order valence-corrected chi connectivity index (χ1v) is 6.88. The van der Waals surface area contributed by atoms with Crippen LogP contribution in [0.2, 0.25) is 0 Å². The van der Waals surface area contributed by atoms with Gasteiger partial charge < -0.3 is 15.1 Å². The molecule has 2 heterocycles. The third-order valence-electron chi connectivity index (χ3n) is 3.86. The maximum atomic E-state index is 13.9. The highest BCUT2D eigenvalue weighted by atomic mass is 19.1. The fraction of sp³-hybridized carbons (Fsp3) is 0.429. The molecule has 0 unspecified atom stereocenters. The molecule has 1 aromatic carbocycles. The lowest BCUT2D eigenvalue weighted by molar-refractivity contribution is 0.377. The van der Waals surface area contributed by atoms with Crippen LogP contribution in [0.4, 0.5) is 15.8 Å². The highest BCUT2D eigenvalue weighted by molar-refractivity contribution is 5.54. The Hall–Kier alpha value is -2.31. The van der Waals surface area contributed by atoms with E-state index in [1.807, 2.05) is 4.90 Å². The van der Waals surface area contributed by atoms with Crippen molar-refractivity contribution in [2.45, 2.75) is 18.8 Å². The number of halogens is 1. The van der Waals surface area contributed by atoms with Crippen molar-refractivity contribution in [3.63, 3.8) is 0 Å². The first kappa shape index (κ1) is 13.7. The number of aryl methyl sites for hydroxylation is 1. The summed E-state index contributed by atoms with van der Waals surface area (Å²) in [5, 5.41) is 4.09. The van der Waals surface area contributed by atoms with E-state index in [4.69, 9.17) is 10.2 Å². The van der Waals surface area contributed by atoms with Crippen LogP contribution in [0, 0.1) is 5.82 Å². The van der Waals surface area contributed by atoms with E-state index in [0.717, 1.165) is 12.8 Å². The van der Waals surface area contributed by atoms with E-state index in [0.29, 0.717) is 30.4 Å². The molecule has 1 aliphatic heterocycles. The van der Waals surface area contributed by atoms with Crippen molar-refractivity contribution in [2.75, 3.05) is 23.7 Å². The zero-order valence-corrected chi connectivity index (χ0v) is 11.8. The quantitative estimate of drug-likeness (QED) is 0.848. The molecule has 0 amide bonds. The fourth-order valence-electron chi connectivity index (χ4n) is 2.68. The molecule has 0 aliphatic carbocycles. The molecule has 1 saturated heterocycles. The minimum Gasteiger partial charge on any atom is -0.399 e. The zero-order chi connectivity index (χ0) is 15.0. The van der Waals surface area contributed by atoms with Crippen LogP contribution in [-0.2, 0) is 7.05 Å². The molecule has 0 radical (unpaired) electrons. The number of anilines is 2. The van der Waals surface area contributed by atoms with Gasteiger partial charge in [0.1, 0.15) is 5.82 Å². The topological polar surface area (TPSA) is 77.3 Å². The lowest BCUT2D eigenvalue weighted by atomic mass is 9.96. The molecule has 0 spiro atoms. The van der Waals surface area contributed by atoms with E-state index in [2.05, 4.69) is 5.10 Å². The molecule has 7 heteroatoms. The van der Waals surface area contributed by atoms with Crippen LogP contribution in [0.25, 0.3) is 0 Å².